The molecule has 0 saturated heterocycles. The summed E-state index contributed by atoms with van der Waals surface area (Å²) in [4.78, 5) is 12.3. The third-order valence-corrected chi connectivity index (χ3v) is 5.84. The molecule has 0 unspecified atom stereocenters. The zero-order chi connectivity index (χ0) is 23.3. The molecule has 0 radical (unpaired) electrons. The highest BCUT2D eigenvalue weighted by Crippen LogP contribution is 2.32. The van der Waals surface area contributed by atoms with Gasteiger partial charge in [-0.3, -0.25) is 4.79 Å². The van der Waals surface area contributed by atoms with Crippen LogP contribution in [0.5, 0.6) is 5.75 Å². The summed E-state index contributed by atoms with van der Waals surface area (Å²) in [6.07, 6.45) is 3.51. The van der Waals surface area contributed by atoms with E-state index in [1.165, 1.54) is 0 Å². The molecule has 0 aromatic heterocycles. The average Bonchev–Trinajstić information content (AvgIpc) is 2.80. The minimum Gasteiger partial charge on any atom is -0.496 e. The molecule has 3 rings (SSSR count). The first kappa shape index (κ1) is 23.0. The highest BCUT2D eigenvalue weighted by Gasteiger charge is 2.12. The first-order valence-electron chi connectivity index (χ1n) is 10.9. The van der Waals surface area contributed by atoms with Gasteiger partial charge in [-0.2, -0.15) is 5.26 Å². The van der Waals surface area contributed by atoms with Crippen molar-refractivity contribution in [1.29, 1.82) is 5.26 Å². The number of ether oxygens (including phenoxy) is 1. The first-order valence-corrected chi connectivity index (χ1v) is 10.9. The largest absolute Gasteiger partial charge is 0.496 e. The van der Waals surface area contributed by atoms with E-state index in [0.29, 0.717) is 23.3 Å². The van der Waals surface area contributed by atoms with Crippen molar-refractivity contribution in [1.82, 2.24) is 0 Å². The van der Waals surface area contributed by atoms with E-state index in [0.717, 1.165) is 45.4 Å². The maximum atomic E-state index is 12.3. The molecule has 0 aliphatic heterocycles. The Morgan fingerprint density at radius 1 is 1.09 bits per heavy atom. The molecule has 0 N–H and O–H groups in total. The Morgan fingerprint density at radius 3 is 2.56 bits per heavy atom. The average molecular weight is 424 g/mol. The SMILES string of the molecule is CCCC(=O)c1ccc(/C(C)=C/c2cccc(-c3ccc(C)c(C#N)c3)c2C)c(OC)c1. The van der Waals surface area contributed by atoms with Crippen LogP contribution in [0, 0.1) is 25.2 Å². The lowest BCUT2D eigenvalue weighted by atomic mass is 9.92. The van der Waals surface area contributed by atoms with E-state index in [-0.39, 0.29) is 5.78 Å². The summed E-state index contributed by atoms with van der Waals surface area (Å²) < 4.78 is 5.61. The molecule has 162 valence electrons. The molecule has 0 bridgehead atoms. The summed E-state index contributed by atoms with van der Waals surface area (Å²) in [5.74, 6) is 0.837. The topological polar surface area (TPSA) is 50.1 Å². The lowest BCUT2D eigenvalue weighted by Gasteiger charge is -2.13. The van der Waals surface area contributed by atoms with Crippen LogP contribution in [0.25, 0.3) is 22.8 Å². The minimum absolute atomic E-state index is 0.136. The van der Waals surface area contributed by atoms with Crippen molar-refractivity contribution in [2.45, 2.75) is 40.5 Å². The molecule has 0 amide bonds. The molecule has 0 atom stereocenters. The van der Waals surface area contributed by atoms with Crippen molar-refractivity contribution in [2.24, 2.45) is 0 Å². The van der Waals surface area contributed by atoms with Gasteiger partial charge in [-0.25, -0.2) is 0 Å². The summed E-state index contributed by atoms with van der Waals surface area (Å²) in [6.45, 7) is 8.11. The van der Waals surface area contributed by atoms with Crippen LogP contribution in [0.15, 0.2) is 54.6 Å². The van der Waals surface area contributed by atoms with E-state index in [4.69, 9.17) is 4.74 Å². The molecule has 0 spiro atoms. The Balaban J connectivity index is 2.01. The molecule has 0 fully saturated rings. The minimum atomic E-state index is 0.136. The molecule has 3 heteroatoms. The Hall–Kier alpha value is -3.64. The molecule has 32 heavy (non-hydrogen) atoms. The smallest absolute Gasteiger partial charge is 0.162 e. The van der Waals surface area contributed by atoms with E-state index in [2.05, 4.69) is 44.2 Å². The Morgan fingerprint density at radius 2 is 1.88 bits per heavy atom. The molecule has 0 aliphatic carbocycles. The summed E-state index contributed by atoms with van der Waals surface area (Å²) in [5.41, 5.74) is 8.78. The molecule has 0 heterocycles. The number of hydrogen-bond acceptors (Lipinski definition) is 3. The van der Waals surface area contributed by atoms with Gasteiger partial charge >= 0.3 is 0 Å². The van der Waals surface area contributed by atoms with Gasteiger partial charge in [0.2, 0.25) is 0 Å². The van der Waals surface area contributed by atoms with Gasteiger partial charge < -0.3 is 4.74 Å². The number of nitrogens with zero attached hydrogens (tertiary/aromatic N) is 1. The van der Waals surface area contributed by atoms with E-state index in [1.54, 1.807) is 7.11 Å². The second-order valence-corrected chi connectivity index (χ2v) is 8.08. The van der Waals surface area contributed by atoms with Crippen LogP contribution < -0.4 is 4.74 Å². The molecule has 0 aliphatic rings. The van der Waals surface area contributed by atoms with Gasteiger partial charge in [0.15, 0.2) is 5.78 Å². The highest BCUT2D eigenvalue weighted by atomic mass is 16.5. The second kappa shape index (κ2) is 10.1. The van der Waals surface area contributed by atoms with E-state index in [1.807, 2.05) is 50.2 Å². The Bertz CT molecular complexity index is 1230. The molecule has 3 aromatic rings. The fourth-order valence-corrected chi connectivity index (χ4v) is 3.91. The predicted octanol–water partition coefficient (Wildman–Crippen LogP) is 7.39. The number of allylic oxidation sites excluding steroid dienone is 1. The van der Waals surface area contributed by atoms with Crippen molar-refractivity contribution in [3.8, 4) is 22.9 Å². The van der Waals surface area contributed by atoms with Crippen LogP contribution in [-0.2, 0) is 0 Å². The number of carbonyl (C=O) groups is 1. The molecule has 3 aromatic carbocycles. The van der Waals surface area contributed by atoms with Crippen molar-refractivity contribution in [3.63, 3.8) is 0 Å². The normalized spacial score (nSPS) is 11.2. The number of ketones is 1. The van der Waals surface area contributed by atoms with Gasteiger partial charge in [-0.15, -0.1) is 0 Å². The lowest BCUT2D eigenvalue weighted by molar-refractivity contribution is 0.0981. The summed E-state index contributed by atoms with van der Waals surface area (Å²) in [7, 11) is 1.64. The summed E-state index contributed by atoms with van der Waals surface area (Å²) in [5, 5.41) is 9.40. The van der Waals surface area contributed by atoms with Gasteiger partial charge in [0.1, 0.15) is 5.75 Å². The van der Waals surface area contributed by atoms with Gasteiger partial charge in [-0.05, 0) is 72.7 Å². The number of methoxy groups -OCH3 is 1. The molecular formula is C29H29NO2. The molecule has 3 nitrogen and oxygen atoms in total. The van der Waals surface area contributed by atoms with Crippen molar-refractivity contribution >= 4 is 17.4 Å². The first-order chi connectivity index (χ1) is 15.4. The highest BCUT2D eigenvalue weighted by molar-refractivity contribution is 5.97. The number of rotatable bonds is 7. The number of aryl methyl sites for hydroxylation is 1. The van der Waals surface area contributed by atoms with Crippen molar-refractivity contribution < 1.29 is 9.53 Å². The van der Waals surface area contributed by atoms with Crippen LogP contribution in [0.2, 0.25) is 0 Å². The van der Waals surface area contributed by atoms with E-state index in [9.17, 15) is 10.1 Å². The van der Waals surface area contributed by atoms with Crippen molar-refractivity contribution in [2.75, 3.05) is 7.11 Å². The predicted molar refractivity (Wildman–Crippen MR) is 132 cm³/mol. The quantitative estimate of drug-likeness (QED) is 0.294. The zero-order valence-corrected chi connectivity index (χ0v) is 19.5. The van der Waals surface area contributed by atoms with E-state index >= 15 is 0 Å². The maximum Gasteiger partial charge on any atom is 0.162 e. The zero-order valence-electron chi connectivity index (χ0n) is 19.5. The van der Waals surface area contributed by atoms with Crippen LogP contribution in [0.4, 0.5) is 0 Å². The standard InChI is InChI=1S/C29H29NO2/c1-6-8-28(31)24-13-14-26(29(17-24)32-5)20(3)15-22-9-7-10-27(21(22)4)23-12-11-19(2)25(16-23)18-30/h7,9-17H,6,8H2,1-5H3/b20-15+. The van der Waals surface area contributed by atoms with Gasteiger partial charge in [0.05, 0.1) is 18.7 Å². The Labute approximate surface area is 191 Å². The number of carbonyl (C=O) groups excluding carboxylic acids is 1. The lowest BCUT2D eigenvalue weighted by Crippen LogP contribution is -2.00. The van der Waals surface area contributed by atoms with Crippen LogP contribution in [-0.4, -0.2) is 12.9 Å². The maximum absolute atomic E-state index is 12.3. The van der Waals surface area contributed by atoms with Crippen LogP contribution in [0.3, 0.4) is 0 Å². The fourth-order valence-electron chi connectivity index (χ4n) is 3.91. The summed E-state index contributed by atoms with van der Waals surface area (Å²) >= 11 is 0. The van der Waals surface area contributed by atoms with Gasteiger partial charge in [0, 0.05) is 17.5 Å². The number of hydrogen-bond donors (Lipinski definition) is 0. The van der Waals surface area contributed by atoms with Crippen LogP contribution in [0.1, 0.15) is 64.9 Å². The third-order valence-electron chi connectivity index (χ3n) is 5.84. The number of nitriles is 1. The summed E-state index contributed by atoms with van der Waals surface area (Å²) in [6, 6.07) is 20.2. The Kier molecular flexibility index (Phi) is 7.28. The van der Waals surface area contributed by atoms with Crippen LogP contribution >= 0.6 is 0 Å². The monoisotopic (exact) mass is 423 g/mol. The van der Waals surface area contributed by atoms with E-state index < -0.39 is 0 Å². The molecular weight excluding hydrogens is 394 g/mol. The number of benzene rings is 3. The fraction of sp³-hybridized carbons (Fsp3) is 0.241. The second-order valence-electron chi connectivity index (χ2n) is 8.08. The third kappa shape index (κ3) is 4.81. The van der Waals surface area contributed by atoms with Crippen molar-refractivity contribution in [3.05, 3.63) is 88.0 Å². The van der Waals surface area contributed by atoms with Gasteiger partial charge in [0.25, 0.3) is 0 Å². The number of Topliss-reactive ketones (excluding diaryl/α,β-unsaturated/α-hetero) is 1. The molecule has 0 saturated carbocycles. The van der Waals surface area contributed by atoms with Gasteiger partial charge in [-0.1, -0.05) is 55.5 Å².